The molecule has 1 aromatic rings. The van der Waals surface area contributed by atoms with Gasteiger partial charge < -0.3 is 0 Å². The molecule has 2 heterocycles. The summed E-state index contributed by atoms with van der Waals surface area (Å²) < 4.78 is 0. The molecule has 3 rings (SSSR count). The molecule has 2 aliphatic rings. The summed E-state index contributed by atoms with van der Waals surface area (Å²) in [6.45, 7) is 1.83. The van der Waals surface area contributed by atoms with E-state index in [9.17, 15) is 4.79 Å². The zero-order chi connectivity index (χ0) is 12.7. The number of carbonyl (C=O) groups excluding carboxylic acids is 1. The number of amides is 1. The van der Waals surface area contributed by atoms with E-state index >= 15 is 0 Å². The third kappa shape index (κ3) is 1.60. The fourth-order valence-corrected chi connectivity index (χ4v) is 2.21. The SMILES string of the molecule is CC1=CC2=NC(=S)N(c3ccccc3)C(=O)C2=N1. The zero-order valence-electron chi connectivity index (χ0n) is 9.62. The van der Waals surface area contributed by atoms with Crippen LogP contribution in [0, 0.1) is 0 Å². The Morgan fingerprint density at radius 1 is 1.17 bits per heavy atom. The average molecular weight is 255 g/mol. The van der Waals surface area contributed by atoms with E-state index in [2.05, 4.69) is 9.98 Å². The maximum Gasteiger partial charge on any atom is 0.285 e. The summed E-state index contributed by atoms with van der Waals surface area (Å²) in [7, 11) is 0. The summed E-state index contributed by atoms with van der Waals surface area (Å²) in [6.07, 6.45) is 1.77. The highest BCUT2D eigenvalue weighted by Gasteiger charge is 2.34. The fraction of sp³-hybridized carbons (Fsp3) is 0.0769. The van der Waals surface area contributed by atoms with E-state index < -0.39 is 0 Å². The molecule has 0 radical (unpaired) electrons. The van der Waals surface area contributed by atoms with Crippen LogP contribution >= 0.6 is 12.2 Å². The van der Waals surface area contributed by atoms with Crippen LogP contribution in [0.2, 0.25) is 0 Å². The second kappa shape index (κ2) is 3.96. The van der Waals surface area contributed by atoms with Crippen LogP contribution in [0.5, 0.6) is 0 Å². The van der Waals surface area contributed by atoms with Crippen molar-refractivity contribution in [2.24, 2.45) is 9.98 Å². The summed E-state index contributed by atoms with van der Waals surface area (Å²) in [4.78, 5) is 22.2. The molecule has 0 bridgehead atoms. The van der Waals surface area contributed by atoms with Crippen molar-refractivity contribution in [2.45, 2.75) is 6.92 Å². The summed E-state index contributed by atoms with van der Waals surface area (Å²) in [5.74, 6) is -0.218. The molecule has 0 aliphatic carbocycles. The van der Waals surface area contributed by atoms with E-state index in [4.69, 9.17) is 12.2 Å². The fourth-order valence-electron chi connectivity index (χ4n) is 1.93. The number of hydrogen-bond acceptors (Lipinski definition) is 3. The largest absolute Gasteiger partial charge is 0.285 e. The molecular weight excluding hydrogens is 246 g/mol. The Kier molecular flexibility index (Phi) is 2.41. The number of aliphatic imine (C=N–C) groups is 2. The smallest absolute Gasteiger partial charge is 0.266 e. The van der Waals surface area contributed by atoms with Gasteiger partial charge in [-0.25, -0.2) is 14.9 Å². The van der Waals surface area contributed by atoms with Crippen LogP contribution in [0.1, 0.15) is 6.92 Å². The number of para-hydroxylation sites is 1. The van der Waals surface area contributed by atoms with E-state index in [1.807, 2.05) is 37.3 Å². The number of fused-ring (bicyclic) bond motifs is 1. The normalized spacial score (nSPS) is 18.3. The highest BCUT2D eigenvalue weighted by Crippen LogP contribution is 2.22. The molecule has 1 aromatic carbocycles. The van der Waals surface area contributed by atoms with Crippen molar-refractivity contribution in [3.63, 3.8) is 0 Å². The van der Waals surface area contributed by atoms with Gasteiger partial charge in [0.25, 0.3) is 5.91 Å². The van der Waals surface area contributed by atoms with Gasteiger partial charge in [0, 0.05) is 5.70 Å². The van der Waals surface area contributed by atoms with Crippen LogP contribution in [0.15, 0.2) is 52.1 Å². The number of nitrogens with zero attached hydrogens (tertiary/aromatic N) is 3. The first-order valence-electron chi connectivity index (χ1n) is 5.46. The third-order valence-corrected chi connectivity index (χ3v) is 2.98. The quantitative estimate of drug-likeness (QED) is 0.721. The van der Waals surface area contributed by atoms with Crippen molar-refractivity contribution in [2.75, 3.05) is 4.90 Å². The molecule has 0 saturated carbocycles. The lowest BCUT2D eigenvalue weighted by molar-refractivity contribution is -0.111. The Morgan fingerprint density at radius 2 is 1.89 bits per heavy atom. The molecule has 2 aliphatic heterocycles. The zero-order valence-corrected chi connectivity index (χ0v) is 10.4. The molecule has 18 heavy (non-hydrogen) atoms. The molecule has 1 amide bonds. The number of benzene rings is 1. The Balaban J connectivity index is 2.09. The van der Waals surface area contributed by atoms with Crippen molar-refractivity contribution >= 4 is 40.3 Å². The van der Waals surface area contributed by atoms with Crippen molar-refractivity contribution in [1.82, 2.24) is 0 Å². The van der Waals surface area contributed by atoms with Gasteiger partial charge in [0.1, 0.15) is 0 Å². The van der Waals surface area contributed by atoms with Crippen LogP contribution in [0.3, 0.4) is 0 Å². The van der Waals surface area contributed by atoms with E-state index in [1.54, 1.807) is 6.08 Å². The predicted molar refractivity (Wildman–Crippen MR) is 75.2 cm³/mol. The molecule has 4 nitrogen and oxygen atoms in total. The molecule has 0 fully saturated rings. The lowest BCUT2D eigenvalue weighted by atomic mass is 10.1. The van der Waals surface area contributed by atoms with Crippen LogP contribution in [-0.2, 0) is 4.79 Å². The molecule has 0 saturated heterocycles. The molecule has 0 atom stereocenters. The number of hydrogen-bond donors (Lipinski definition) is 0. The molecular formula is C13H9N3OS. The van der Waals surface area contributed by atoms with E-state index in [1.165, 1.54) is 4.90 Å². The third-order valence-electron chi connectivity index (χ3n) is 2.70. The second-order valence-electron chi connectivity index (χ2n) is 4.00. The summed E-state index contributed by atoms with van der Waals surface area (Å²) >= 11 is 5.18. The number of anilines is 1. The van der Waals surface area contributed by atoms with E-state index in [0.29, 0.717) is 17.1 Å². The number of thiocarbonyl (C=S) groups is 1. The first-order chi connectivity index (χ1) is 8.66. The highest BCUT2D eigenvalue weighted by atomic mass is 32.1. The standard InChI is InChI=1S/C13H9N3OS/c1-8-7-10-11(14-8)12(17)16(13(18)15-10)9-5-3-2-4-6-9/h2-7H,1H3. The second-order valence-corrected chi connectivity index (χ2v) is 4.37. The molecule has 0 unspecified atom stereocenters. The van der Waals surface area contributed by atoms with Gasteiger partial charge in [0.2, 0.25) is 5.11 Å². The topological polar surface area (TPSA) is 45.0 Å². The van der Waals surface area contributed by atoms with Crippen LogP contribution in [0.4, 0.5) is 5.69 Å². The van der Waals surface area contributed by atoms with E-state index in [-0.39, 0.29) is 11.0 Å². The van der Waals surface area contributed by atoms with Gasteiger partial charge >= 0.3 is 0 Å². The minimum Gasteiger partial charge on any atom is -0.266 e. The minimum absolute atomic E-state index is 0.218. The first kappa shape index (κ1) is 11.0. The molecule has 0 aromatic heterocycles. The summed E-state index contributed by atoms with van der Waals surface area (Å²) in [6, 6.07) is 9.23. The van der Waals surface area contributed by atoms with Gasteiger partial charge in [-0.05, 0) is 37.4 Å². The van der Waals surface area contributed by atoms with Crippen LogP contribution in [-0.4, -0.2) is 22.4 Å². The average Bonchev–Trinajstić information content (AvgIpc) is 2.71. The Bertz CT molecular complexity index is 643. The maximum atomic E-state index is 12.4. The first-order valence-corrected chi connectivity index (χ1v) is 5.87. The van der Waals surface area contributed by atoms with Crippen molar-refractivity contribution in [3.8, 4) is 0 Å². The van der Waals surface area contributed by atoms with Gasteiger partial charge in [-0.2, -0.15) is 0 Å². The predicted octanol–water partition coefficient (Wildman–Crippen LogP) is 2.12. The number of carbonyl (C=O) groups is 1. The van der Waals surface area contributed by atoms with Gasteiger partial charge in [-0.3, -0.25) is 4.79 Å². The Morgan fingerprint density at radius 3 is 2.61 bits per heavy atom. The van der Waals surface area contributed by atoms with Crippen molar-refractivity contribution < 1.29 is 4.79 Å². The Labute approximate surface area is 109 Å². The minimum atomic E-state index is -0.218. The monoisotopic (exact) mass is 255 g/mol. The van der Waals surface area contributed by atoms with Crippen LogP contribution in [0.25, 0.3) is 0 Å². The highest BCUT2D eigenvalue weighted by molar-refractivity contribution is 7.80. The molecule has 0 N–H and O–H groups in total. The summed E-state index contributed by atoms with van der Waals surface area (Å²) in [5, 5.41) is 0.256. The van der Waals surface area contributed by atoms with Crippen molar-refractivity contribution in [1.29, 1.82) is 0 Å². The number of allylic oxidation sites excluding steroid dienone is 2. The van der Waals surface area contributed by atoms with Crippen molar-refractivity contribution in [3.05, 3.63) is 42.1 Å². The Hall–Kier alpha value is -2.14. The lowest BCUT2D eigenvalue weighted by Gasteiger charge is -2.24. The van der Waals surface area contributed by atoms with Crippen LogP contribution < -0.4 is 4.90 Å². The van der Waals surface area contributed by atoms with Gasteiger partial charge in [0.15, 0.2) is 5.71 Å². The molecule has 0 spiro atoms. The maximum absolute atomic E-state index is 12.4. The van der Waals surface area contributed by atoms with Gasteiger partial charge in [0.05, 0.1) is 11.4 Å². The summed E-state index contributed by atoms with van der Waals surface area (Å²) in [5.41, 5.74) is 2.41. The lowest BCUT2D eigenvalue weighted by Crippen LogP contribution is -2.46. The molecule has 88 valence electrons. The number of rotatable bonds is 1. The van der Waals surface area contributed by atoms with Gasteiger partial charge in [-0.15, -0.1) is 0 Å². The molecule has 5 heteroatoms. The van der Waals surface area contributed by atoms with E-state index in [0.717, 1.165) is 5.70 Å². The van der Waals surface area contributed by atoms with Gasteiger partial charge in [-0.1, -0.05) is 18.2 Å².